The summed E-state index contributed by atoms with van der Waals surface area (Å²) in [6, 6.07) is 3.56. The van der Waals surface area contributed by atoms with Crippen LogP contribution < -0.4 is 0 Å². The Labute approximate surface area is 86.3 Å². The maximum absolute atomic E-state index is 10.7. The highest BCUT2D eigenvalue weighted by atomic mass is 32.2. The summed E-state index contributed by atoms with van der Waals surface area (Å²) >= 11 is -2.65. The number of carboxylic acids is 1. The molecule has 0 aliphatic carbocycles. The summed E-state index contributed by atoms with van der Waals surface area (Å²) in [5.41, 5.74) is 7.44. The Morgan fingerprint density at radius 3 is 2.73 bits per heavy atom. The summed E-state index contributed by atoms with van der Waals surface area (Å²) in [7, 11) is 0. The van der Waals surface area contributed by atoms with Crippen LogP contribution in [-0.2, 0) is 11.1 Å². The fourth-order valence-corrected chi connectivity index (χ4v) is 1.48. The minimum Gasteiger partial charge on any atom is -0.768 e. The standard InChI is InChI=1S/C7H5N3O4S/c8-10-9-6-4(7(11)12)2-1-3-5(6)15(13)14/h1-3H,(H,11,12)(H,13,14)/p-1. The van der Waals surface area contributed by atoms with Crippen LogP contribution in [0.2, 0.25) is 0 Å². The van der Waals surface area contributed by atoms with Crippen molar-refractivity contribution in [3.8, 4) is 0 Å². The Kier molecular flexibility index (Phi) is 3.40. The van der Waals surface area contributed by atoms with Crippen LogP contribution >= 0.6 is 0 Å². The third kappa shape index (κ3) is 2.32. The van der Waals surface area contributed by atoms with Gasteiger partial charge in [0, 0.05) is 9.81 Å². The molecule has 0 fully saturated rings. The summed E-state index contributed by atoms with van der Waals surface area (Å²) in [6.07, 6.45) is 0. The molecule has 8 heteroatoms. The second kappa shape index (κ2) is 4.56. The predicted molar refractivity (Wildman–Crippen MR) is 49.4 cm³/mol. The van der Waals surface area contributed by atoms with E-state index in [1.54, 1.807) is 0 Å². The van der Waals surface area contributed by atoms with Crippen LogP contribution in [0.4, 0.5) is 5.69 Å². The highest BCUT2D eigenvalue weighted by Gasteiger charge is 2.12. The van der Waals surface area contributed by atoms with E-state index in [9.17, 15) is 13.6 Å². The Balaban J connectivity index is 3.55. The zero-order valence-corrected chi connectivity index (χ0v) is 7.97. The van der Waals surface area contributed by atoms with E-state index in [1.807, 2.05) is 0 Å². The Hall–Kier alpha value is -1.89. The normalized spacial score (nSPS) is 11.5. The molecule has 1 atom stereocenters. The molecule has 0 bridgehead atoms. The van der Waals surface area contributed by atoms with Crippen LogP contribution in [-0.4, -0.2) is 19.8 Å². The lowest BCUT2D eigenvalue weighted by Crippen LogP contribution is -1.99. The minimum absolute atomic E-state index is 0.340. The lowest BCUT2D eigenvalue weighted by molar-refractivity contribution is 0.0697. The van der Waals surface area contributed by atoms with E-state index in [2.05, 4.69) is 10.0 Å². The summed E-state index contributed by atoms with van der Waals surface area (Å²) in [5.74, 6) is -1.36. The van der Waals surface area contributed by atoms with Crippen LogP contribution in [0.3, 0.4) is 0 Å². The molecule has 7 nitrogen and oxygen atoms in total. The molecular formula is C7H4N3O4S-. The van der Waals surface area contributed by atoms with Crippen LogP contribution in [0.5, 0.6) is 0 Å². The van der Waals surface area contributed by atoms with E-state index in [0.717, 1.165) is 12.1 Å². The van der Waals surface area contributed by atoms with Gasteiger partial charge in [0.1, 0.15) is 0 Å². The van der Waals surface area contributed by atoms with Gasteiger partial charge in [-0.3, -0.25) is 4.21 Å². The van der Waals surface area contributed by atoms with E-state index >= 15 is 0 Å². The van der Waals surface area contributed by atoms with Crippen LogP contribution in [0, 0.1) is 0 Å². The van der Waals surface area contributed by atoms with E-state index in [0.29, 0.717) is 0 Å². The quantitative estimate of drug-likeness (QED) is 0.363. The number of aromatic carboxylic acids is 1. The maximum atomic E-state index is 10.7. The van der Waals surface area contributed by atoms with Crippen molar-refractivity contribution >= 4 is 22.7 Å². The fraction of sp³-hybridized carbons (Fsp3) is 0. The van der Waals surface area contributed by atoms with Gasteiger partial charge in [0.05, 0.1) is 11.3 Å². The average molecular weight is 226 g/mol. The fourth-order valence-electron chi connectivity index (χ4n) is 0.977. The summed E-state index contributed by atoms with van der Waals surface area (Å²) in [6.45, 7) is 0. The van der Waals surface area contributed by atoms with Gasteiger partial charge < -0.3 is 9.66 Å². The molecule has 1 N–H and O–H groups in total. The van der Waals surface area contributed by atoms with Crippen molar-refractivity contribution in [2.45, 2.75) is 4.90 Å². The van der Waals surface area contributed by atoms with Gasteiger partial charge in [0.2, 0.25) is 0 Å². The van der Waals surface area contributed by atoms with Crippen LogP contribution in [0.25, 0.3) is 10.4 Å². The lowest BCUT2D eigenvalue weighted by Gasteiger charge is -2.09. The highest BCUT2D eigenvalue weighted by molar-refractivity contribution is 7.79. The minimum atomic E-state index is -2.65. The van der Waals surface area contributed by atoms with E-state index in [-0.39, 0.29) is 10.5 Å². The van der Waals surface area contributed by atoms with E-state index < -0.39 is 22.7 Å². The topological polar surface area (TPSA) is 126 Å². The number of hydrogen-bond donors (Lipinski definition) is 1. The smallest absolute Gasteiger partial charge is 0.336 e. The molecule has 0 aliphatic heterocycles. The predicted octanol–water partition coefficient (Wildman–Crippen LogP) is 1.56. The molecule has 0 saturated carbocycles. The molecule has 0 saturated heterocycles. The molecular weight excluding hydrogens is 222 g/mol. The maximum Gasteiger partial charge on any atom is 0.336 e. The van der Waals surface area contributed by atoms with Crippen molar-refractivity contribution in [2.75, 3.05) is 0 Å². The first kappa shape index (κ1) is 11.2. The largest absolute Gasteiger partial charge is 0.768 e. The first-order valence-corrected chi connectivity index (χ1v) is 4.66. The summed E-state index contributed by atoms with van der Waals surface area (Å²) in [4.78, 5) is 12.7. The molecule has 1 aromatic carbocycles. The average Bonchev–Trinajstić information content (AvgIpc) is 2.17. The third-order valence-corrected chi connectivity index (χ3v) is 2.24. The molecule has 1 unspecified atom stereocenters. The number of nitrogens with zero attached hydrogens (tertiary/aromatic N) is 3. The zero-order chi connectivity index (χ0) is 11.4. The van der Waals surface area contributed by atoms with Gasteiger partial charge in [0.15, 0.2) is 0 Å². The van der Waals surface area contributed by atoms with Gasteiger partial charge in [-0.2, -0.15) is 0 Å². The summed E-state index contributed by atoms with van der Waals surface area (Å²) < 4.78 is 21.4. The second-order valence-corrected chi connectivity index (χ2v) is 3.29. The Bertz CT molecular complexity index is 449. The highest BCUT2D eigenvalue weighted by Crippen LogP contribution is 2.27. The molecule has 0 heterocycles. The van der Waals surface area contributed by atoms with Crippen molar-refractivity contribution in [2.24, 2.45) is 5.11 Å². The molecule has 15 heavy (non-hydrogen) atoms. The molecule has 1 aromatic rings. The van der Waals surface area contributed by atoms with Crippen LogP contribution in [0.15, 0.2) is 28.2 Å². The molecule has 78 valence electrons. The molecule has 0 spiro atoms. The molecule has 0 aromatic heterocycles. The van der Waals surface area contributed by atoms with Crippen molar-refractivity contribution < 1.29 is 18.7 Å². The first-order chi connectivity index (χ1) is 7.07. The van der Waals surface area contributed by atoms with Crippen molar-refractivity contribution in [3.05, 3.63) is 34.2 Å². The SMILES string of the molecule is [N-]=[N+]=Nc1c(C(=O)O)cccc1S(=O)[O-]. The monoisotopic (exact) mass is 226 g/mol. The molecule has 0 radical (unpaired) electrons. The van der Waals surface area contributed by atoms with Gasteiger partial charge in [0.25, 0.3) is 0 Å². The number of azide groups is 1. The second-order valence-electron chi connectivity index (χ2n) is 2.38. The van der Waals surface area contributed by atoms with Crippen molar-refractivity contribution in [1.82, 2.24) is 0 Å². The number of carbonyl (C=O) groups is 1. The van der Waals surface area contributed by atoms with Gasteiger partial charge in [-0.25, -0.2) is 4.79 Å². The molecule has 0 aliphatic rings. The molecule has 0 amide bonds. The Morgan fingerprint density at radius 2 is 2.27 bits per heavy atom. The van der Waals surface area contributed by atoms with Gasteiger partial charge in [-0.15, -0.1) is 0 Å². The van der Waals surface area contributed by atoms with Crippen molar-refractivity contribution in [3.63, 3.8) is 0 Å². The van der Waals surface area contributed by atoms with E-state index in [4.69, 9.17) is 10.6 Å². The van der Waals surface area contributed by atoms with Crippen molar-refractivity contribution in [1.29, 1.82) is 0 Å². The van der Waals surface area contributed by atoms with Gasteiger partial charge in [-0.1, -0.05) is 11.2 Å². The number of carboxylic acid groups (broad SMARTS) is 1. The Morgan fingerprint density at radius 1 is 1.60 bits per heavy atom. The lowest BCUT2D eigenvalue weighted by atomic mass is 10.2. The zero-order valence-electron chi connectivity index (χ0n) is 7.15. The van der Waals surface area contributed by atoms with Gasteiger partial charge in [-0.05, 0) is 28.7 Å². The first-order valence-electron chi connectivity index (χ1n) is 3.58. The van der Waals surface area contributed by atoms with Gasteiger partial charge >= 0.3 is 5.97 Å². The van der Waals surface area contributed by atoms with Crippen LogP contribution in [0.1, 0.15) is 10.4 Å². The summed E-state index contributed by atoms with van der Waals surface area (Å²) in [5, 5.41) is 11.8. The molecule has 1 rings (SSSR count). The number of rotatable bonds is 3. The number of benzene rings is 1. The van der Waals surface area contributed by atoms with E-state index in [1.165, 1.54) is 6.07 Å². The third-order valence-electron chi connectivity index (χ3n) is 1.55. The number of hydrogen-bond acceptors (Lipinski definition) is 4.